The average molecular weight is 240 g/mol. The predicted molar refractivity (Wildman–Crippen MR) is 66.2 cm³/mol. The lowest BCUT2D eigenvalue weighted by molar-refractivity contribution is 0.134. The molecule has 0 bridgehead atoms. The zero-order valence-electron chi connectivity index (χ0n) is 10.7. The highest BCUT2D eigenvalue weighted by Gasteiger charge is 2.12. The molecule has 1 rings (SSSR count). The van der Waals surface area contributed by atoms with Crippen LogP contribution in [0.4, 0.5) is 4.39 Å². The minimum atomic E-state index is -0.623. The van der Waals surface area contributed by atoms with Crippen molar-refractivity contribution in [2.24, 2.45) is 0 Å². The van der Waals surface area contributed by atoms with Gasteiger partial charge in [-0.15, -0.1) is 0 Å². The van der Waals surface area contributed by atoms with Gasteiger partial charge < -0.3 is 10.0 Å². The van der Waals surface area contributed by atoms with Crippen LogP contribution in [0.25, 0.3) is 0 Å². The van der Waals surface area contributed by atoms with E-state index in [0.717, 1.165) is 19.2 Å². The molecule has 0 aromatic carbocycles. The highest BCUT2D eigenvalue weighted by Crippen LogP contribution is 2.15. The van der Waals surface area contributed by atoms with E-state index in [1.165, 1.54) is 12.1 Å². The standard InChI is InChI=1S/C13H21FN2O/c1-4-10(2)16(3)8-7-13(17)12-6-5-11(14)9-15-12/h5-6,9-10,13,17H,4,7-8H2,1-3H3. The summed E-state index contributed by atoms with van der Waals surface area (Å²) >= 11 is 0. The van der Waals surface area contributed by atoms with Crippen LogP contribution in [0.3, 0.4) is 0 Å². The van der Waals surface area contributed by atoms with Crippen LogP contribution in [0.15, 0.2) is 18.3 Å². The summed E-state index contributed by atoms with van der Waals surface area (Å²) in [5.41, 5.74) is 0.531. The number of pyridine rings is 1. The maximum absolute atomic E-state index is 12.7. The number of nitrogens with zero attached hydrogens (tertiary/aromatic N) is 2. The predicted octanol–water partition coefficient (Wildman–Crippen LogP) is 2.37. The minimum Gasteiger partial charge on any atom is -0.387 e. The Hall–Kier alpha value is -1.00. The molecule has 0 aliphatic carbocycles. The average Bonchev–Trinajstić information content (AvgIpc) is 2.35. The molecule has 0 saturated carbocycles. The van der Waals surface area contributed by atoms with Crippen molar-refractivity contribution in [1.82, 2.24) is 9.88 Å². The molecule has 2 unspecified atom stereocenters. The van der Waals surface area contributed by atoms with E-state index >= 15 is 0 Å². The molecule has 0 radical (unpaired) electrons. The Kier molecular flexibility index (Phi) is 5.51. The van der Waals surface area contributed by atoms with E-state index in [4.69, 9.17) is 0 Å². The molecule has 0 aliphatic rings. The molecule has 17 heavy (non-hydrogen) atoms. The normalized spacial score (nSPS) is 14.9. The molecule has 0 amide bonds. The third-order valence-electron chi connectivity index (χ3n) is 3.19. The Morgan fingerprint density at radius 2 is 2.18 bits per heavy atom. The SMILES string of the molecule is CCC(C)N(C)CCC(O)c1ccc(F)cn1. The number of hydrogen-bond donors (Lipinski definition) is 1. The Bertz CT molecular complexity index is 329. The number of aromatic nitrogens is 1. The van der Waals surface area contributed by atoms with Gasteiger partial charge in [-0.3, -0.25) is 4.98 Å². The zero-order chi connectivity index (χ0) is 12.8. The summed E-state index contributed by atoms with van der Waals surface area (Å²) in [6.45, 7) is 5.09. The number of halogens is 1. The molecule has 96 valence electrons. The number of aliphatic hydroxyl groups excluding tert-OH is 1. The second-order valence-corrected chi connectivity index (χ2v) is 4.44. The van der Waals surface area contributed by atoms with Crippen LogP contribution in [0.1, 0.15) is 38.5 Å². The van der Waals surface area contributed by atoms with E-state index in [-0.39, 0.29) is 5.82 Å². The van der Waals surface area contributed by atoms with Crippen molar-refractivity contribution in [2.75, 3.05) is 13.6 Å². The molecule has 0 saturated heterocycles. The van der Waals surface area contributed by atoms with E-state index in [0.29, 0.717) is 18.2 Å². The second-order valence-electron chi connectivity index (χ2n) is 4.44. The summed E-state index contributed by atoms with van der Waals surface area (Å²) in [6.07, 6.45) is 2.21. The van der Waals surface area contributed by atoms with Gasteiger partial charge in [-0.1, -0.05) is 6.92 Å². The summed E-state index contributed by atoms with van der Waals surface area (Å²) in [5.74, 6) is -0.377. The van der Waals surface area contributed by atoms with Gasteiger partial charge in [0.1, 0.15) is 5.82 Å². The van der Waals surface area contributed by atoms with Gasteiger partial charge in [-0.05, 0) is 38.9 Å². The summed E-state index contributed by atoms with van der Waals surface area (Å²) in [7, 11) is 2.04. The highest BCUT2D eigenvalue weighted by atomic mass is 19.1. The van der Waals surface area contributed by atoms with Crippen LogP contribution in [0.5, 0.6) is 0 Å². The van der Waals surface area contributed by atoms with Crippen molar-refractivity contribution in [1.29, 1.82) is 0 Å². The lowest BCUT2D eigenvalue weighted by Crippen LogP contribution is -2.30. The molecule has 4 heteroatoms. The monoisotopic (exact) mass is 240 g/mol. The molecule has 2 atom stereocenters. The van der Waals surface area contributed by atoms with Crippen LogP contribution in [0.2, 0.25) is 0 Å². The van der Waals surface area contributed by atoms with Crippen molar-refractivity contribution >= 4 is 0 Å². The first-order chi connectivity index (χ1) is 8.04. The fraction of sp³-hybridized carbons (Fsp3) is 0.615. The van der Waals surface area contributed by atoms with Gasteiger partial charge in [0.05, 0.1) is 18.0 Å². The minimum absolute atomic E-state index is 0.377. The second kappa shape index (κ2) is 6.67. The highest BCUT2D eigenvalue weighted by molar-refractivity contribution is 5.07. The quantitative estimate of drug-likeness (QED) is 0.829. The van der Waals surface area contributed by atoms with Gasteiger partial charge >= 0.3 is 0 Å². The maximum atomic E-state index is 12.7. The van der Waals surface area contributed by atoms with Crippen molar-refractivity contribution in [3.63, 3.8) is 0 Å². The van der Waals surface area contributed by atoms with Crippen molar-refractivity contribution in [2.45, 2.75) is 38.8 Å². The number of aliphatic hydroxyl groups is 1. The van der Waals surface area contributed by atoms with Crippen molar-refractivity contribution in [3.8, 4) is 0 Å². The van der Waals surface area contributed by atoms with Crippen LogP contribution in [-0.4, -0.2) is 34.6 Å². The molecule has 1 heterocycles. The number of rotatable bonds is 6. The summed E-state index contributed by atoms with van der Waals surface area (Å²) in [5, 5.41) is 9.90. The molecular formula is C13H21FN2O. The molecule has 3 nitrogen and oxygen atoms in total. The summed E-state index contributed by atoms with van der Waals surface area (Å²) in [4.78, 5) is 6.08. The lowest BCUT2D eigenvalue weighted by Gasteiger charge is -2.24. The van der Waals surface area contributed by atoms with Gasteiger partial charge in [0, 0.05) is 12.6 Å². The largest absolute Gasteiger partial charge is 0.387 e. The Labute approximate surface area is 102 Å². The van der Waals surface area contributed by atoms with E-state index in [2.05, 4.69) is 23.7 Å². The first kappa shape index (κ1) is 14.1. The molecule has 1 aromatic rings. The fourth-order valence-electron chi connectivity index (χ4n) is 1.59. The summed E-state index contributed by atoms with van der Waals surface area (Å²) < 4.78 is 12.7. The zero-order valence-corrected chi connectivity index (χ0v) is 10.7. The fourth-order valence-corrected chi connectivity index (χ4v) is 1.59. The van der Waals surface area contributed by atoms with Gasteiger partial charge in [-0.25, -0.2) is 4.39 Å². The van der Waals surface area contributed by atoms with E-state index in [1.54, 1.807) is 0 Å². The third-order valence-corrected chi connectivity index (χ3v) is 3.19. The van der Waals surface area contributed by atoms with Gasteiger partial charge in [0.25, 0.3) is 0 Å². The molecule has 0 aliphatic heterocycles. The van der Waals surface area contributed by atoms with E-state index < -0.39 is 6.10 Å². The van der Waals surface area contributed by atoms with Crippen LogP contribution >= 0.6 is 0 Å². The van der Waals surface area contributed by atoms with Crippen LogP contribution in [0, 0.1) is 5.82 Å². The number of hydrogen-bond acceptors (Lipinski definition) is 3. The molecule has 0 spiro atoms. The lowest BCUT2D eigenvalue weighted by atomic mass is 10.1. The van der Waals surface area contributed by atoms with Gasteiger partial charge in [-0.2, -0.15) is 0 Å². The van der Waals surface area contributed by atoms with Crippen molar-refractivity contribution < 1.29 is 9.50 Å². The first-order valence-corrected chi connectivity index (χ1v) is 6.04. The van der Waals surface area contributed by atoms with Crippen LogP contribution < -0.4 is 0 Å². The Morgan fingerprint density at radius 3 is 2.71 bits per heavy atom. The topological polar surface area (TPSA) is 36.4 Å². The first-order valence-electron chi connectivity index (χ1n) is 6.04. The third kappa shape index (κ3) is 4.40. The molecule has 0 fully saturated rings. The maximum Gasteiger partial charge on any atom is 0.141 e. The Balaban J connectivity index is 2.44. The van der Waals surface area contributed by atoms with Gasteiger partial charge in [0.15, 0.2) is 0 Å². The van der Waals surface area contributed by atoms with Crippen molar-refractivity contribution in [3.05, 3.63) is 29.8 Å². The molecule has 1 aromatic heterocycles. The Morgan fingerprint density at radius 1 is 1.47 bits per heavy atom. The van der Waals surface area contributed by atoms with E-state index in [9.17, 15) is 9.50 Å². The molecular weight excluding hydrogens is 219 g/mol. The smallest absolute Gasteiger partial charge is 0.141 e. The van der Waals surface area contributed by atoms with Crippen LogP contribution in [-0.2, 0) is 0 Å². The van der Waals surface area contributed by atoms with E-state index in [1.807, 2.05) is 7.05 Å². The van der Waals surface area contributed by atoms with Gasteiger partial charge in [0.2, 0.25) is 0 Å². The molecule has 1 N–H and O–H groups in total. The summed E-state index contributed by atoms with van der Waals surface area (Å²) in [6, 6.07) is 3.36.